The van der Waals surface area contributed by atoms with E-state index in [-0.39, 0.29) is 18.2 Å². The van der Waals surface area contributed by atoms with Crippen molar-refractivity contribution < 1.29 is 14.3 Å². The van der Waals surface area contributed by atoms with Crippen LogP contribution in [0.5, 0.6) is 0 Å². The van der Waals surface area contributed by atoms with Gasteiger partial charge in [-0.1, -0.05) is 0 Å². The molecule has 2 aliphatic rings. The van der Waals surface area contributed by atoms with Crippen LogP contribution in [0.25, 0.3) is 0 Å². The smallest absolute Gasteiger partial charge is 0.409 e. The summed E-state index contributed by atoms with van der Waals surface area (Å²) in [5, 5.41) is 3.07. The van der Waals surface area contributed by atoms with E-state index in [0.29, 0.717) is 19.1 Å². The Morgan fingerprint density at radius 2 is 1.95 bits per heavy atom. The van der Waals surface area contributed by atoms with Gasteiger partial charge in [0, 0.05) is 31.7 Å². The number of amides is 3. The van der Waals surface area contributed by atoms with E-state index < -0.39 is 0 Å². The summed E-state index contributed by atoms with van der Waals surface area (Å²) >= 11 is 0. The molecule has 2 heterocycles. The van der Waals surface area contributed by atoms with E-state index in [1.165, 1.54) is 13.5 Å². The molecule has 20 heavy (non-hydrogen) atoms. The molecule has 0 radical (unpaired) electrons. The van der Waals surface area contributed by atoms with Gasteiger partial charge in [0.15, 0.2) is 0 Å². The van der Waals surface area contributed by atoms with Crippen LogP contribution >= 0.6 is 0 Å². The Bertz CT molecular complexity index is 362. The quantitative estimate of drug-likeness (QED) is 0.798. The molecular weight excluding hydrogens is 258 g/mol. The van der Waals surface area contributed by atoms with Crippen LogP contribution in [-0.4, -0.2) is 60.8 Å². The van der Waals surface area contributed by atoms with Gasteiger partial charge in [-0.15, -0.1) is 0 Å². The molecule has 0 aromatic rings. The van der Waals surface area contributed by atoms with E-state index in [0.717, 1.165) is 32.2 Å². The standard InChI is InChI=1S/C14H25N3O3/c1-11-6-3-4-9-17(11)13(18)15-12-7-5-8-16(10-12)14(19)20-2/h11-12H,3-10H2,1-2H3,(H,15,18)/t11-,12+/m1/s1. The SMILES string of the molecule is COC(=O)N1CCC[C@H](NC(=O)N2CCCC[C@H]2C)C1. The van der Waals surface area contributed by atoms with Crippen molar-refractivity contribution >= 4 is 12.1 Å². The van der Waals surface area contributed by atoms with Crippen molar-refractivity contribution in [3.8, 4) is 0 Å². The predicted molar refractivity (Wildman–Crippen MR) is 75.6 cm³/mol. The number of hydrogen-bond donors (Lipinski definition) is 1. The number of nitrogens with zero attached hydrogens (tertiary/aromatic N) is 2. The van der Waals surface area contributed by atoms with Gasteiger partial charge in [-0.3, -0.25) is 0 Å². The number of piperidine rings is 2. The van der Waals surface area contributed by atoms with Crippen LogP contribution in [-0.2, 0) is 4.74 Å². The molecule has 3 amide bonds. The Morgan fingerprint density at radius 1 is 1.15 bits per heavy atom. The minimum absolute atomic E-state index is 0.00826. The van der Waals surface area contributed by atoms with Gasteiger partial charge in [-0.2, -0.15) is 0 Å². The van der Waals surface area contributed by atoms with Gasteiger partial charge in [-0.05, 0) is 39.0 Å². The molecule has 2 fully saturated rings. The molecule has 0 aliphatic carbocycles. The molecule has 114 valence electrons. The van der Waals surface area contributed by atoms with Gasteiger partial charge >= 0.3 is 12.1 Å². The summed E-state index contributed by atoms with van der Waals surface area (Å²) in [6.45, 7) is 4.18. The topological polar surface area (TPSA) is 61.9 Å². The number of methoxy groups -OCH3 is 1. The lowest BCUT2D eigenvalue weighted by atomic mass is 10.0. The number of carbonyl (C=O) groups excluding carboxylic acids is 2. The van der Waals surface area contributed by atoms with Crippen LogP contribution in [0.2, 0.25) is 0 Å². The van der Waals surface area contributed by atoms with Crippen molar-refractivity contribution in [2.24, 2.45) is 0 Å². The Morgan fingerprint density at radius 3 is 2.65 bits per heavy atom. The van der Waals surface area contributed by atoms with Gasteiger partial charge in [-0.25, -0.2) is 9.59 Å². The van der Waals surface area contributed by atoms with E-state index in [2.05, 4.69) is 12.2 Å². The minimum Gasteiger partial charge on any atom is -0.453 e. The molecule has 0 aromatic carbocycles. The van der Waals surface area contributed by atoms with Crippen molar-refractivity contribution in [1.29, 1.82) is 0 Å². The Labute approximate surface area is 120 Å². The molecule has 1 N–H and O–H groups in total. The lowest BCUT2D eigenvalue weighted by molar-refractivity contribution is 0.104. The third kappa shape index (κ3) is 3.55. The maximum atomic E-state index is 12.3. The molecule has 2 atom stereocenters. The predicted octanol–water partition coefficient (Wildman–Crippen LogP) is 1.80. The monoisotopic (exact) mass is 283 g/mol. The van der Waals surface area contributed by atoms with Crippen LogP contribution in [0.3, 0.4) is 0 Å². The second-order valence-electron chi connectivity index (χ2n) is 5.74. The average Bonchev–Trinajstić information content (AvgIpc) is 2.47. The number of urea groups is 1. The number of nitrogens with one attached hydrogen (secondary N) is 1. The first-order chi connectivity index (χ1) is 9.61. The van der Waals surface area contributed by atoms with Crippen molar-refractivity contribution in [3.63, 3.8) is 0 Å². The van der Waals surface area contributed by atoms with Gasteiger partial charge in [0.25, 0.3) is 0 Å². The Balaban J connectivity index is 1.85. The number of hydrogen-bond acceptors (Lipinski definition) is 3. The van der Waals surface area contributed by atoms with Crippen LogP contribution in [0.1, 0.15) is 39.0 Å². The van der Waals surface area contributed by atoms with Gasteiger partial charge in [0.05, 0.1) is 7.11 Å². The molecule has 0 unspecified atom stereocenters. The Hall–Kier alpha value is -1.46. The fraction of sp³-hybridized carbons (Fsp3) is 0.857. The molecule has 0 bridgehead atoms. The lowest BCUT2D eigenvalue weighted by Crippen LogP contribution is -2.55. The highest BCUT2D eigenvalue weighted by molar-refractivity contribution is 5.75. The highest BCUT2D eigenvalue weighted by atomic mass is 16.5. The molecule has 0 spiro atoms. The number of ether oxygens (including phenoxy) is 1. The molecule has 2 aliphatic heterocycles. The average molecular weight is 283 g/mol. The van der Waals surface area contributed by atoms with E-state index in [4.69, 9.17) is 4.74 Å². The normalized spacial score (nSPS) is 27.1. The van der Waals surface area contributed by atoms with Crippen LogP contribution < -0.4 is 5.32 Å². The zero-order chi connectivity index (χ0) is 14.5. The second kappa shape index (κ2) is 6.81. The first-order valence-electron chi connectivity index (χ1n) is 7.52. The first kappa shape index (κ1) is 14.9. The largest absolute Gasteiger partial charge is 0.453 e. The van der Waals surface area contributed by atoms with Crippen molar-refractivity contribution in [1.82, 2.24) is 15.1 Å². The van der Waals surface area contributed by atoms with Crippen molar-refractivity contribution in [2.45, 2.75) is 51.1 Å². The third-order valence-electron chi connectivity index (χ3n) is 4.25. The molecule has 6 nitrogen and oxygen atoms in total. The van der Waals surface area contributed by atoms with Crippen LogP contribution in [0, 0.1) is 0 Å². The highest BCUT2D eigenvalue weighted by Crippen LogP contribution is 2.17. The number of rotatable bonds is 1. The maximum Gasteiger partial charge on any atom is 0.409 e. The molecule has 2 saturated heterocycles. The van der Waals surface area contributed by atoms with Crippen molar-refractivity contribution in [2.75, 3.05) is 26.7 Å². The van der Waals surface area contributed by atoms with E-state index in [1.807, 2.05) is 4.90 Å². The zero-order valence-corrected chi connectivity index (χ0v) is 12.4. The van der Waals surface area contributed by atoms with E-state index >= 15 is 0 Å². The fourth-order valence-corrected chi connectivity index (χ4v) is 3.05. The zero-order valence-electron chi connectivity index (χ0n) is 12.4. The van der Waals surface area contributed by atoms with Crippen molar-refractivity contribution in [3.05, 3.63) is 0 Å². The summed E-state index contributed by atoms with van der Waals surface area (Å²) in [5.41, 5.74) is 0. The Kier molecular flexibility index (Phi) is 5.09. The molecular formula is C14H25N3O3. The summed E-state index contributed by atoms with van der Waals surface area (Å²) in [6, 6.07) is 0.349. The van der Waals surface area contributed by atoms with Gasteiger partial charge in [0.1, 0.15) is 0 Å². The van der Waals surface area contributed by atoms with Gasteiger partial charge < -0.3 is 19.9 Å². The molecule has 2 rings (SSSR count). The summed E-state index contributed by atoms with van der Waals surface area (Å²) < 4.78 is 4.74. The summed E-state index contributed by atoms with van der Waals surface area (Å²) in [7, 11) is 1.39. The van der Waals surface area contributed by atoms with E-state index in [9.17, 15) is 9.59 Å². The summed E-state index contributed by atoms with van der Waals surface area (Å²) in [6.07, 6.45) is 4.86. The number of likely N-dealkylation sites (tertiary alicyclic amines) is 2. The maximum absolute atomic E-state index is 12.3. The lowest BCUT2D eigenvalue weighted by Gasteiger charge is -2.37. The minimum atomic E-state index is -0.310. The van der Waals surface area contributed by atoms with Crippen LogP contribution in [0.4, 0.5) is 9.59 Å². The van der Waals surface area contributed by atoms with E-state index in [1.54, 1.807) is 4.90 Å². The van der Waals surface area contributed by atoms with Crippen LogP contribution in [0.15, 0.2) is 0 Å². The summed E-state index contributed by atoms with van der Waals surface area (Å²) in [5.74, 6) is 0. The first-order valence-corrected chi connectivity index (χ1v) is 7.52. The third-order valence-corrected chi connectivity index (χ3v) is 4.25. The fourth-order valence-electron chi connectivity index (χ4n) is 3.05. The summed E-state index contributed by atoms with van der Waals surface area (Å²) in [4.78, 5) is 27.4. The molecule has 6 heteroatoms. The molecule has 0 saturated carbocycles. The number of carbonyl (C=O) groups is 2. The second-order valence-corrected chi connectivity index (χ2v) is 5.74. The highest BCUT2D eigenvalue weighted by Gasteiger charge is 2.28. The van der Waals surface area contributed by atoms with Gasteiger partial charge in [0.2, 0.25) is 0 Å². The molecule has 0 aromatic heterocycles.